The first-order valence-corrected chi connectivity index (χ1v) is 10.6. The molecule has 1 saturated carbocycles. The van der Waals surface area contributed by atoms with Crippen molar-refractivity contribution in [2.75, 3.05) is 31.1 Å². The summed E-state index contributed by atoms with van der Waals surface area (Å²) < 4.78 is 2.82. The zero-order valence-electron chi connectivity index (χ0n) is 15.9. The van der Waals surface area contributed by atoms with Gasteiger partial charge in [-0.05, 0) is 52.6 Å². The molecule has 29 heavy (non-hydrogen) atoms. The molecule has 1 aliphatic heterocycles. The summed E-state index contributed by atoms with van der Waals surface area (Å²) in [5.74, 6) is 1.49. The number of tetrazole rings is 1. The molecule has 2 heterocycles. The largest absolute Gasteiger partial charge is 0.339 e. The Morgan fingerprint density at radius 1 is 0.966 bits per heavy atom. The van der Waals surface area contributed by atoms with Crippen molar-refractivity contribution in [3.05, 3.63) is 64.6 Å². The van der Waals surface area contributed by atoms with Gasteiger partial charge in [-0.2, -0.15) is 4.68 Å². The van der Waals surface area contributed by atoms with E-state index in [0.29, 0.717) is 19.0 Å². The molecule has 1 saturated heterocycles. The second kappa shape index (κ2) is 7.59. The molecule has 2 atom stereocenters. The molecule has 0 radical (unpaired) electrons. The molecule has 2 aliphatic rings. The van der Waals surface area contributed by atoms with Crippen LogP contribution in [-0.2, 0) is 4.79 Å². The van der Waals surface area contributed by atoms with E-state index in [0.717, 1.165) is 35.6 Å². The Bertz CT molecular complexity index is 998. The molecule has 0 N–H and O–H groups in total. The number of rotatable bonds is 4. The maximum atomic E-state index is 12.9. The van der Waals surface area contributed by atoms with Crippen molar-refractivity contribution >= 4 is 27.8 Å². The third kappa shape index (κ3) is 3.64. The third-order valence-corrected chi connectivity index (χ3v) is 6.26. The van der Waals surface area contributed by atoms with Crippen LogP contribution in [0.3, 0.4) is 0 Å². The van der Waals surface area contributed by atoms with Crippen molar-refractivity contribution in [1.29, 1.82) is 0 Å². The number of hydrogen-bond donors (Lipinski definition) is 0. The summed E-state index contributed by atoms with van der Waals surface area (Å²) in [7, 11) is 0. The smallest absolute Gasteiger partial charge is 0.250 e. The summed E-state index contributed by atoms with van der Waals surface area (Å²) in [4.78, 5) is 17.1. The molecule has 2 aromatic carbocycles. The third-order valence-electron chi connectivity index (χ3n) is 5.73. The maximum Gasteiger partial charge on any atom is 0.250 e. The lowest BCUT2D eigenvalue weighted by Gasteiger charge is -2.35. The summed E-state index contributed by atoms with van der Waals surface area (Å²) in [5.41, 5.74) is 2.19. The molecule has 2 fully saturated rings. The highest BCUT2D eigenvalue weighted by molar-refractivity contribution is 9.10. The number of anilines is 1. The minimum absolute atomic E-state index is 0.123. The topological polar surface area (TPSA) is 67.2 Å². The van der Waals surface area contributed by atoms with Crippen LogP contribution < -0.4 is 4.90 Å². The van der Waals surface area contributed by atoms with Crippen molar-refractivity contribution in [1.82, 2.24) is 25.1 Å². The van der Waals surface area contributed by atoms with E-state index in [1.54, 1.807) is 4.68 Å². The number of piperazine rings is 1. The fourth-order valence-corrected chi connectivity index (χ4v) is 4.29. The number of hydrogen-bond acceptors (Lipinski definition) is 5. The van der Waals surface area contributed by atoms with Crippen LogP contribution in [-0.4, -0.2) is 57.2 Å². The summed E-state index contributed by atoms with van der Waals surface area (Å²) in [6.07, 6.45) is 0.951. The lowest BCUT2D eigenvalue weighted by atomic mass is 10.1. The number of nitrogens with zero attached hydrogens (tertiary/aromatic N) is 6. The lowest BCUT2D eigenvalue weighted by molar-refractivity contribution is -0.133. The first kappa shape index (κ1) is 18.3. The average Bonchev–Trinajstić information content (AvgIpc) is 3.41. The van der Waals surface area contributed by atoms with Crippen LogP contribution in [0.4, 0.5) is 5.95 Å². The van der Waals surface area contributed by atoms with E-state index in [-0.39, 0.29) is 11.8 Å². The van der Waals surface area contributed by atoms with Gasteiger partial charge in [0, 0.05) is 36.6 Å². The quantitative estimate of drug-likeness (QED) is 0.608. The van der Waals surface area contributed by atoms with Crippen molar-refractivity contribution in [2.45, 2.75) is 12.3 Å². The van der Waals surface area contributed by atoms with E-state index in [4.69, 9.17) is 0 Å². The predicted octanol–water partition coefficient (Wildman–Crippen LogP) is 2.88. The fraction of sp³-hybridized carbons (Fsp3) is 0.333. The molecule has 1 aromatic heterocycles. The van der Waals surface area contributed by atoms with E-state index in [9.17, 15) is 4.79 Å². The zero-order chi connectivity index (χ0) is 19.8. The number of halogens is 1. The Morgan fingerprint density at radius 2 is 1.69 bits per heavy atom. The van der Waals surface area contributed by atoms with Gasteiger partial charge in [0.25, 0.3) is 0 Å². The Morgan fingerprint density at radius 3 is 2.41 bits per heavy atom. The molecular formula is C21H21BrN6O. The molecule has 3 aromatic rings. The number of para-hydroxylation sites is 1. The van der Waals surface area contributed by atoms with E-state index in [1.807, 2.05) is 47.4 Å². The van der Waals surface area contributed by atoms with Crippen molar-refractivity contribution < 1.29 is 4.79 Å². The number of aromatic nitrogens is 4. The Labute approximate surface area is 177 Å². The van der Waals surface area contributed by atoms with Gasteiger partial charge in [-0.1, -0.05) is 51.4 Å². The van der Waals surface area contributed by atoms with Crippen LogP contribution in [0.2, 0.25) is 0 Å². The first-order valence-electron chi connectivity index (χ1n) is 9.84. The second-order valence-corrected chi connectivity index (χ2v) is 8.45. The minimum Gasteiger partial charge on any atom is -0.339 e. The van der Waals surface area contributed by atoms with Crippen LogP contribution in [0.25, 0.3) is 5.69 Å². The molecule has 1 aliphatic carbocycles. The highest BCUT2D eigenvalue weighted by Gasteiger charge is 2.46. The molecule has 0 bridgehead atoms. The second-order valence-electron chi connectivity index (χ2n) is 7.54. The zero-order valence-corrected chi connectivity index (χ0v) is 17.4. The predicted molar refractivity (Wildman–Crippen MR) is 113 cm³/mol. The summed E-state index contributed by atoms with van der Waals surface area (Å²) in [6, 6.07) is 18.2. The standard InChI is InChI=1S/C21H21BrN6O/c22-16-8-6-15(7-9-16)18-14-19(18)20(29)26-10-12-27(13-11-26)21-23-24-25-28(21)17-4-2-1-3-5-17/h1-9,18-19H,10-14H2. The maximum absolute atomic E-state index is 12.9. The lowest BCUT2D eigenvalue weighted by Crippen LogP contribution is -2.50. The SMILES string of the molecule is O=C(C1CC1c1ccc(Br)cc1)N1CCN(c2nnnn2-c2ccccc2)CC1. The Hall–Kier alpha value is -2.74. The molecule has 5 rings (SSSR count). The molecule has 1 amide bonds. The van der Waals surface area contributed by atoms with Gasteiger partial charge in [-0.3, -0.25) is 4.79 Å². The normalized spacial score (nSPS) is 21.3. The molecular weight excluding hydrogens is 432 g/mol. The van der Waals surface area contributed by atoms with E-state index >= 15 is 0 Å². The van der Waals surface area contributed by atoms with Crippen LogP contribution in [0, 0.1) is 5.92 Å². The van der Waals surface area contributed by atoms with Crippen molar-refractivity contribution in [2.24, 2.45) is 5.92 Å². The number of amides is 1. The number of carbonyl (C=O) groups excluding carboxylic acids is 1. The highest BCUT2D eigenvalue weighted by atomic mass is 79.9. The van der Waals surface area contributed by atoms with Gasteiger partial charge in [0.05, 0.1) is 5.69 Å². The minimum atomic E-state index is 0.123. The molecule has 0 spiro atoms. The number of carbonyl (C=O) groups is 1. The van der Waals surface area contributed by atoms with E-state index < -0.39 is 0 Å². The average molecular weight is 453 g/mol. The van der Waals surface area contributed by atoms with Crippen molar-refractivity contribution in [3.63, 3.8) is 0 Å². The van der Waals surface area contributed by atoms with Gasteiger partial charge in [0.2, 0.25) is 11.9 Å². The Kier molecular flexibility index (Phi) is 4.79. The van der Waals surface area contributed by atoms with Gasteiger partial charge >= 0.3 is 0 Å². The van der Waals surface area contributed by atoms with Crippen LogP contribution in [0.15, 0.2) is 59.1 Å². The highest BCUT2D eigenvalue weighted by Crippen LogP contribution is 2.48. The van der Waals surface area contributed by atoms with Gasteiger partial charge in [0.15, 0.2) is 0 Å². The number of benzene rings is 2. The summed E-state index contributed by atoms with van der Waals surface area (Å²) in [5, 5.41) is 12.2. The van der Waals surface area contributed by atoms with E-state index in [2.05, 4.69) is 48.5 Å². The Balaban J connectivity index is 1.21. The molecule has 7 nitrogen and oxygen atoms in total. The molecule has 8 heteroatoms. The fourth-order valence-electron chi connectivity index (χ4n) is 4.02. The van der Waals surface area contributed by atoms with Crippen molar-refractivity contribution in [3.8, 4) is 5.69 Å². The monoisotopic (exact) mass is 452 g/mol. The molecule has 148 valence electrons. The van der Waals surface area contributed by atoms with Gasteiger partial charge in [-0.15, -0.1) is 0 Å². The van der Waals surface area contributed by atoms with Crippen LogP contribution in [0.1, 0.15) is 17.9 Å². The van der Waals surface area contributed by atoms with Gasteiger partial charge in [-0.25, -0.2) is 0 Å². The first-order chi connectivity index (χ1) is 14.2. The van der Waals surface area contributed by atoms with Gasteiger partial charge in [0.1, 0.15) is 0 Å². The van der Waals surface area contributed by atoms with Crippen LogP contribution >= 0.6 is 15.9 Å². The van der Waals surface area contributed by atoms with Crippen LogP contribution in [0.5, 0.6) is 0 Å². The summed E-state index contributed by atoms with van der Waals surface area (Å²) >= 11 is 3.47. The molecule has 2 unspecified atom stereocenters. The van der Waals surface area contributed by atoms with Gasteiger partial charge < -0.3 is 9.80 Å². The van der Waals surface area contributed by atoms with E-state index in [1.165, 1.54) is 5.56 Å². The summed E-state index contributed by atoms with van der Waals surface area (Å²) in [6.45, 7) is 2.86.